The SMILES string of the molecule is C[C@@]1(CO)[C@H](O)CC[C@@]2(C)[C@H]1CC[C@H]1C[C@@H]3C[C@@]12CCC3(O)COC(=O)CN.Cl. The van der Waals surface area contributed by atoms with E-state index in [1.165, 1.54) is 0 Å². The number of ether oxygens (including phenoxy) is 1. The standard InChI is InChI=1S/C22H37NO5.ClH/c1-19(12-24)16-4-3-14-9-15-10-21(14,20(16,2)6-5-17(19)25)7-8-22(15,27)13-28-18(26)11-23;/h14-17,24-25,27H,3-13,23H2,1-2H3;1H/t14-,15+,16-,17+,19-,20-,21-,22?;/m0./s1. The first-order valence-corrected chi connectivity index (χ1v) is 11.0. The third kappa shape index (κ3) is 3.08. The molecule has 2 bridgehead atoms. The molecular formula is C22H38ClNO5. The average molecular weight is 432 g/mol. The van der Waals surface area contributed by atoms with Crippen molar-refractivity contribution in [2.24, 2.45) is 39.7 Å². The molecule has 0 aromatic rings. The van der Waals surface area contributed by atoms with Crippen LogP contribution in [-0.2, 0) is 9.53 Å². The van der Waals surface area contributed by atoms with Crippen molar-refractivity contribution >= 4 is 18.4 Å². The quantitative estimate of drug-likeness (QED) is 0.506. The molecule has 0 amide bonds. The number of aliphatic hydroxyl groups excluding tert-OH is 2. The van der Waals surface area contributed by atoms with Gasteiger partial charge in [-0.3, -0.25) is 4.79 Å². The first kappa shape index (κ1) is 23.3. The van der Waals surface area contributed by atoms with Gasteiger partial charge in [0.1, 0.15) is 12.2 Å². The summed E-state index contributed by atoms with van der Waals surface area (Å²) >= 11 is 0. The molecule has 1 unspecified atom stereocenters. The molecule has 0 aromatic heterocycles. The van der Waals surface area contributed by atoms with Crippen molar-refractivity contribution in [1.82, 2.24) is 0 Å². The van der Waals surface area contributed by atoms with Gasteiger partial charge >= 0.3 is 5.97 Å². The normalized spacial score (nSPS) is 50.8. The number of hydrogen-bond acceptors (Lipinski definition) is 6. The summed E-state index contributed by atoms with van der Waals surface area (Å²) in [4.78, 5) is 11.5. The molecule has 4 rings (SSSR count). The van der Waals surface area contributed by atoms with E-state index in [1.807, 2.05) is 0 Å². The van der Waals surface area contributed by atoms with Crippen LogP contribution in [0.2, 0.25) is 0 Å². The highest BCUT2D eigenvalue weighted by molar-refractivity contribution is 5.85. The van der Waals surface area contributed by atoms with E-state index in [2.05, 4.69) is 13.8 Å². The maximum Gasteiger partial charge on any atom is 0.319 e. The number of nitrogens with two attached hydrogens (primary N) is 1. The highest BCUT2D eigenvalue weighted by atomic mass is 35.5. The topological polar surface area (TPSA) is 113 Å². The lowest BCUT2D eigenvalue weighted by Gasteiger charge is -2.66. The summed E-state index contributed by atoms with van der Waals surface area (Å²) < 4.78 is 5.25. The fraction of sp³-hybridized carbons (Fsp3) is 0.955. The lowest BCUT2D eigenvalue weighted by atomic mass is 9.39. The third-order valence-corrected chi connectivity index (χ3v) is 9.92. The van der Waals surface area contributed by atoms with Crippen molar-refractivity contribution < 1.29 is 24.9 Å². The Hall–Kier alpha value is -0.400. The molecule has 0 aliphatic heterocycles. The maximum absolute atomic E-state index is 11.5. The molecule has 0 heterocycles. The Morgan fingerprint density at radius 2 is 1.86 bits per heavy atom. The van der Waals surface area contributed by atoms with Gasteiger partial charge in [0.25, 0.3) is 0 Å². The number of carbonyl (C=O) groups is 1. The fourth-order valence-electron chi connectivity index (χ4n) is 8.18. The Balaban J connectivity index is 0.00000240. The average Bonchev–Trinajstić information content (AvgIpc) is 3.04. The summed E-state index contributed by atoms with van der Waals surface area (Å²) in [5.41, 5.74) is 4.16. The summed E-state index contributed by atoms with van der Waals surface area (Å²) in [7, 11) is 0. The van der Waals surface area contributed by atoms with Crippen molar-refractivity contribution in [3.8, 4) is 0 Å². The number of carbonyl (C=O) groups excluding carboxylic acids is 1. The van der Waals surface area contributed by atoms with E-state index in [1.54, 1.807) is 0 Å². The highest BCUT2D eigenvalue weighted by Crippen LogP contribution is 2.75. The minimum atomic E-state index is -0.951. The van der Waals surface area contributed by atoms with Crippen LogP contribution in [0.15, 0.2) is 0 Å². The Kier molecular flexibility index (Phi) is 6.12. The van der Waals surface area contributed by atoms with Crippen LogP contribution in [0.1, 0.15) is 65.2 Å². The number of hydrogen-bond donors (Lipinski definition) is 4. The molecule has 7 heteroatoms. The van der Waals surface area contributed by atoms with E-state index in [0.29, 0.717) is 18.3 Å². The van der Waals surface area contributed by atoms with Gasteiger partial charge in [-0.25, -0.2) is 0 Å². The predicted molar refractivity (Wildman–Crippen MR) is 111 cm³/mol. The van der Waals surface area contributed by atoms with E-state index in [-0.39, 0.29) is 48.9 Å². The molecule has 168 valence electrons. The van der Waals surface area contributed by atoms with E-state index in [0.717, 1.165) is 44.9 Å². The second-order valence-electron chi connectivity index (χ2n) is 10.7. The smallest absolute Gasteiger partial charge is 0.319 e. The number of esters is 1. The second kappa shape index (κ2) is 7.63. The van der Waals surface area contributed by atoms with Crippen molar-refractivity contribution in [3.05, 3.63) is 0 Å². The van der Waals surface area contributed by atoms with Gasteiger partial charge in [-0.05, 0) is 80.0 Å². The zero-order chi connectivity index (χ0) is 20.4. The number of halogens is 1. The van der Waals surface area contributed by atoms with E-state index < -0.39 is 23.1 Å². The van der Waals surface area contributed by atoms with Gasteiger partial charge in [-0.15, -0.1) is 12.4 Å². The van der Waals surface area contributed by atoms with Gasteiger partial charge in [0.05, 0.1) is 19.3 Å². The van der Waals surface area contributed by atoms with Gasteiger partial charge in [0.2, 0.25) is 0 Å². The molecule has 29 heavy (non-hydrogen) atoms. The van der Waals surface area contributed by atoms with Crippen LogP contribution in [0, 0.1) is 34.0 Å². The number of aliphatic hydroxyl groups is 3. The van der Waals surface area contributed by atoms with Gasteiger partial charge < -0.3 is 25.8 Å². The van der Waals surface area contributed by atoms with Gasteiger partial charge in [-0.1, -0.05) is 13.8 Å². The van der Waals surface area contributed by atoms with Crippen molar-refractivity contribution in [1.29, 1.82) is 0 Å². The molecule has 4 aliphatic rings. The summed E-state index contributed by atoms with van der Waals surface area (Å²) in [5, 5.41) is 32.2. The Morgan fingerprint density at radius 1 is 1.14 bits per heavy atom. The largest absolute Gasteiger partial charge is 0.462 e. The van der Waals surface area contributed by atoms with E-state index >= 15 is 0 Å². The summed E-state index contributed by atoms with van der Waals surface area (Å²) in [6.07, 6.45) is 6.91. The molecule has 1 spiro atoms. The number of rotatable bonds is 4. The highest BCUT2D eigenvalue weighted by Gasteiger charge is 2.70. The van der Waals surface area contributed by atoms with Crippen LogP contribution in [0.3, 0.4) is 0 Å². The lowest BCUT2D eigenvalue weighted by Crippen LogP contribution is -2.63. The van der Waals surface area contributed by atoms with Crippen molar-refractivity contribution in [3.63, 3.8) is 0 Å². The molecule has 5 N–H and O–H groups in total. The molecule has 0 aromatic carbocycles. The summed E-state index contributed by atoms with van der Waals surface area (Å²) in [5.74, 6) is 0.539. The molecule has 4 aliphatic carbocycles. The summed E-state index contributed by atoms with van der Waals surface area (Å²) in [6, 6.07) is 0. The fourth-order valence-corrected chi connectivity index (χ4v) is 8.18. The van der Waals surface area contributed by atoms with Gasteiger partial charge in [0.15, 0.2) is 0 Å². The molecule has 0 radical (unpaired) electrons. The van der Waals surface area contributed by atoms with Crippen LogP contribution in [-0.4, -0.2) is 52.8 Å². The molecule has 4 fully saturated rings. The van der Waals surface area contributed by atoms with Crippen molar-refractivity contribution in [2.75, 3.05) is 19.8 Å². The Morgan fingerprint density at radius 3 is 2.52 bits per heavy atom. The first-order chi connectivity index (χ1) is 13.1. The minimum absolute atomic E-state index is 0. The molecule has 6 nitrogen and oxygen atoms in total. The zero-order valence-electron chi connectivity index (χ0n) is 17.7. The Bertz CT molecular complexity index is 649. The predicted octanol–water partition coefficient (Wildman–Crippen LogP) is 2.02. The minimum Gasteiger partial charge on any atom is -0.462 e. The van der Waals surface area contributed by atoms with Gasteiger partial charge in [0, 0.05) is 5.41 Å². The van der Waals surface area contributed by atoms with Crippen molar-refractivity contribution in [2.45, 2.75) is 76.9 Å². The third-order valence-electron chi connectivity index (χ3n) is 9.92. The monoisotopic (exact) mass is 431 g/mol. The second-order valence-corrected chi connectivity index (χ2v) is 10.7. The van der Waals surface area contributed by atoms with Crippen LogP contribution >= 0.6 is 12.4 Å². The molecular weight excluding hydrogens is 394 g/mol. The Labute approximate surface area is 180 Å². The summed E-state index contributed by atoms with van der Waals surface area (Å²) in [6.45, 7) is 4.37. The number of fused-ring (bicyclic) bond motifs is 2. The zero-order valence-corrected chi connectivity index (χ0v) is 18.5. The molecule has 4 saturated carbocycles. The van der Waals surface area contributed by atoms with E-state index in [9.17, 15) is 20.1 Å². The van der Waals surface area contributed by atoms with Crippen LogP contribution in [0.5, 0.6) is 0 Å². The first-order valence-electron chi connectivity index (χ1n) is 11.0. The lowest BCUT2D eigenvalue weighted by molar-refractivity contribution is -0.217. The van der Waals surface area contributed by atoms with Crippen LogP contribution in [0.4, 0.5) is 0 Å². The molecule has 8 atom stereocenters. The van der Waals surface area contributed by atoms with Crippen LogP contribution in [0.25, 0.3) is 0 Å². The molecule has 0 saturated heterocycles. The van der Waals surface area contributed by atoms with E-state index in [4.69, 9.17) is 10.5 Å². The van der Waals surface area contributed by atoms with Crippen LogP contribution < -0.4 is 5.73 Å². The maximum atomic E-state index is 11.5. The van der Waals surface area contributed by atoms with Gasteiger partial charge in [-0.2, -0.15) is 0 Å².